The van der Waals surface area contributed by atoms with Crippen molar-refractivity contribution < 1.29 is 4.39 Å². The molecule has 2 aromatic rings. The molecule has 2 rings (SSSR count). The molecular formula is C9H9FN4S. The number of pyridine rings is 1. The first-order chi connectivity index (χ1) is 7.24. The average molecular weight is 224 g/mol. The molecule has 0 unspecified atom stereocenters. The summed E-state index contributed by atoms with van der Waals surface area (Å²) in [5.74, 6) is 0.0105. The van der Waals surface area contributed by atoms with Gasteiger partial charge in [-0.1, -0.05) is 17.4 Å². The van der Waals surface area contributed by atoms with Gasteiger partial charge in [0, 0.05) is 0 Å². The van der Waals surface area contributed by atoms with Gasteiger partial charge in [0.15, 0.2) is 0 Å². The number of halogens is 1. The van der Waals surface area contributed by atoms with Crippen LogP contribution in [-0.2, 0) is 6.54 Å². The molecule has 0 aliphatic carbocycles. The quantitative estimate of drug-likeness (QED) is 0.810. The van der Waals surface area contributed by atoms with Crippen molar-refractivity contribution in [3.05, 3.63) is 34.2 Å². The third-order valence-corrected chi connectivity index (χ3v) is 2.54. The highest BCUT2D eigenvalue weighted by atomic mass is 32.1. The van der Waals surface area contributed by atoms with E-state index in [1.54, 1.807) is 12.1 Å². The minimum Gasteiger partial charge on any atom is -0.363 e. The molecule has 15 heavy (non-hydrogen) atoms. The van der Waals surface area contributed by atoms with E-state index in [9.17, 15) is 4.39 Å². The molecule has 0 spiro atoms. The molecule has 0 fully saturated rings. The Bertz CT molecular complexity index is 457. The highest BCUT2D eigenvalue weighted by molar-refractivity contribution is 7.11. The topological polar surface area (TPSA) is 50.7 Å². The number of aryl methyl sites for hydroxylation is 1. The van der Waals surface area contributed by atoms with Crippen LogP contribution in [0.4, 0.5) is 10.2 Å². The Hall–Kier alpha value is -1.56. The summed E-state index contributed by atoms with van der Waals surface area (Å²) in [4.78, 5) is 3.67. The van der Waals surface area contributed by atoms with E-state index < -0.39 is 5.95 Å². The SMILES string of the molecule is Cc1nnc(CNc2cccc(F)n2)s1. The van der Waals surface area contributed by atoms with Gasteiger partial charge in [-0.3, -0.25) is 0 Å². The molecule has 78 valence electrons. The lowest BCUT2D eigenvalue weighted by atomic mass is 10.4. The number of nitrogens with one attached hydrogen (secondary N) is 1. The van der Waals surface area contributed by atoms with Crippen molar-refractivity contribution in [2.45, 2.75) is 13.5 Å². The summed E-state index contributed by atoms with van der Waals surface area (Å²) in [5, 5.41) is 12.6. The second kappa shape index (κ2) is 4.31. The summed E-state index contributed by atoms with van der Waals surface area (Å²) in [6, 6.07) is 4.62. The van der Waals surface area contributed by atoms with Gasteiger partial charge in [0.2, 0.25) is 5.95 Å². The van der Waals surface area contributed by atoms with Crippen molar-refractivity contribution >= 4 is 17.2 Å². The van der Waals surface area contributed by atoms with Crippen molar-refractivity contribution in [2.24, 2.45) is 0 Å². The third-order valence-electron chi connectivity index (χ3n) is 1.70. The van der Waals surface area contributed by atoms with Crippen LogP contribution in [0.15, 0.2) is 18.2 Å². The van der Waals surface area contributed by atoms with E-state index in [0.29, 0.717) is 12.4 Å². The fourth-order valence-electron chi connectivity index (χ4n) is 1.08. The highest BCUT2D eigenvalue weighted by Gasteiger charge is 2.01. The molecule has 0 aliphatic heterocycles. The van der Waals surface area contributed by atoms with E-state index in [1.807, 2.05) is 6.92 Å². The zero-order chi connectivity index (χ0) is 10.7. The van der Waals surface area contributed by atoms with Gasteiger partial charge in [0.25, 0.3) is 0 Å². The van der Waals surface area contributed by atoms with Crippen molar-refractivity contribution in [2.75, 3.05) is 5.32 Å². The molecule has 6 heteroatoms. The molecule has 0 saturated carbocycles. The van der Waals surface area contributed by atoms with Crippen LogP contribution in [0, 0.1) is 12.9 Å². The Balaban J connectivity index is 1.99. The zero-order valence-electron chi connectivity index (χ0n) is 8.07. The zero-order valence-corrected chi connectivity index (χ0v) is 8.88. The van der Waals surface area contributed by atoms with Crippen LogP contribution in [0.3, 0.4) is 0 Å². The molecule has 4 nitrogen and oxygen atoms in total. The van der Waals surface area contributed by atoms with Gasteiger partial charge >= 0.3 is 0 Å². The number of anilines is 1. The van der Waals surface area contributed by atoms with E-state index in [0.717, 1.165) is 10.0 Å². The Morgan fingerprint density at radius 2 is 2.27 bits per heavy atom. The second-order valence-corrected chi connectivity index (χ2v) is 4.18. The van der Waals surface area contributed by atoms with E-state index in [2.05, 4.69) is 20.5 Å². The number of aromatic nitrogens is 3. The van der Waals surface area contributed by atoms with Gasteiger partial charge < -0.3 is 5.32 Å². The standard InChI is InChI=1S/C9H9FN4S/c1-6-13-14-9(15-6)5-11-8-4-2-3-7(10)12-8/h2-4H,5H2,1H3,(H,11,12). The average Bonchev–Trinajstić information content (AvgIpc) is 2.62. The summed E-state index contributed by atoms with van der Waals surface area (Å²) in [6.45, 7) is 2.41. The number of nitrogens with zero attached hydrogens (tertiary/aromatic N) is 3. The Labute approximate surface area is 90.2 Å². The van der Waals surface area contributed by atoms with Gasteiger partial charge in [0.05, 0.1) is 6.54 Å². The largest absolute Gasteiger partial charge is 0.363 e. The molecular weight excluding hydrogens is 215 g/mol. The molecule has 0 atom stereocenters. The Kier molecular flexibility index (Phi) is 2.86. The maximum atomic E-state index is 12.7. The van der Waals surface area contributed by atoms with Gasteiger partial charge in [-0.2, -0.15) is 4.39 Å². The van der Waals surface area contributed by atoms with Crippen LogP contribution < -0.4 is 5.32 Å². The third kappa shape index (κ3) is 2.69. The molecule has 0 amide bonds. The first-order valence-electron chi connectivity index (χ1n) is 4.39. The monoisotopic (exact) mass is 224 g/mol. The number of rotatable bonds is 3. The van der Waals surface area contributed by atoms with E-state index in [-0.39, 0.29) is 0 Å². The van der Waals surface area contributed by atoms with Crippen molar-refractivity contribution in [1.82, 2.24) is 15.2 Å². The van der Waals surface area contributed by atoms with E-state index in [1.165, 1.54) is 17.4 Å². The summed E-state index contributed by atoms with van der Waals surface area (Å²) in [7, 11) is 0. The fourth-order valence-corrected chi connectivity index (χ4v) is 1.73. The van der Waals surface area contributed by atoms with E-state index >= 15 is 0 Å². The second-order valence-electron chi connectivity index (χ2n) is 2.91. The lowest BCUT2D eigenvalue weighted by Gasteiger charge is -2.01. The summed E-state index contributed by atoms with van der Waals surface area (Å²) in [5.41, 5.74) is 0. The van der Waals surface area contributed by atoms with Gasteiger partial charge in [-0.05, 0) is 19.1 Å². The molecule has 0 bridgehead atoms. The van der Waals surface area contributed by atoms with Gasteiger partial charge in [-0.15, -0.1) is 10.2 Å². The maximum Gasteiger partial charge on any atom is 0.214 e. The molecule has 1 N–H and O–H groups in total. The molecule has 0 aromatic carbocycles. The van der Waals surface area contributed by atoms with Crippen molar-refractivity contribution in [3.8, 4) is 0 Å². The summed E-state index contributed by atoms with van der Waals surface area (Å²) in [6.07, 6.45) is 0. The van der Waals surface area contributed by atoms with Gasteiger partial charge in [0.1, 0.15) is 15.8 Å². The Morgan fingerprint density at radius 3 is 2.93 bits per heavy atom. The number of hydrogen-bond donors (Lipinski definition) is 1. The van der Waals surface area contributed by atoms with Gasteiger partial charge in [-0.25, -0.2) is 4.98 Å². The molecule has 0 radical (unpaired) electrons. The molecule has 0 saturated heterocycles. The summed E-state index contributed by atoms with van der Waals surface area (Å²) >= 11 is 1.50. The van der Waals surface area contributed by atoms with Crippen molar-refractivity contribution in [1.29, 1.82) is 0 Å². The first-order valence-corrected chi connectivity index (χ1v) is 5.21. The lowest BCUT2D eigenvalue weighted by molar-refractivity contribution is 0.585. The minimum absolute atomic E-state index is 0.492. The fraction of sp³-hybridized carbons (Fsp3) is 0.222. The van der Waals surface area contributed by atoms with Crippen LogP contribution >= 0.6 is 11.3 Å². The van der Waals surface area contributed by atoms with Crippen LogP contribution in [0.2, 0.25) is 0 Å². The molecule has 2 heterocycles. The number of hydrogen-bond acceptors (Lipinski definition) is 5. The smallest absolute Gasteiger partial charge is 0.214 e. The van der Waals surface area contributed by atoms with Crippen LogP contribution in [0.25, 0.3) is 0 Å². The normalized spacial score (nSPS) is 10.3. The first kappa shape index (κ1) is 9.97. The molecule has 0 aliphatic rings. The summed E-state index contributed by atoms with van der Waals surface area (Å²) < 4.78 is 12.7. The van der Waals surface area contributed by atoms with Crippen LogP contribution in [0.1, 0.15) is 10.0 Å². The lowest BCUT2D eigenvalue weighted by Crippen LogP contribution is -2.01. The van der Waals surface area contributed by atoms with Crippen LogP contribution in [0.5, 0.6) is 0 Å². The highest BCUT2D eigenvalue weighted by Crippen LogP contribution is 2.10. The maximum absolute atomic E-state index is 12.7. The van der Waals surface area contributed by atoms with Crippen LogP contribution in [-0.4, -0.2) is 15.2 Å². The minimum atomic E-state index is -0.492. The predicted octanol–water partition coefficient (Wildman–Crippen LogP) is 1.99. The van der Waals surface area contributed by atoms with E-state index in [4.69, 9.17) is 0 Å². The predicted molar refractivity (Wildman–Crippen MR) is 56.2 cm³/mol. The van der Waals surface area contributed by atoms with Crippen molar-refractivity contribution in [3.63, 3.8) is 0 Å². The Morgan fingerprint density at radius 1 is 1.40 bits per heavy atom. The molecule has 2 aromatic heterocycles.